The summed E-state index contributed by atoms with van der Waals surface area (Å²) in [5.74, 6) is 0.320. The van der Waals surface area contributed by atoms with E-state index in [1.165, 1.54) is 11.1 Å². The number of carbonyl (C=O) groups excluding carboxylic acids is 1. The van der Waals surface area contributed by atoms with Crippen molar-refractivity contribution in [1.29, 1.82) is 0 Å². The van der Waals surface area contributed by atoms with Gasteiger partial charge in [0.1, 0.15) is 5.37 Å². The van der Waals surface area contributed by atoms with Crippen LogP contribution in [-0.4, -0.2) is 60.2 Å². The van der Waals surface area contributed by atoms with Crippen molar-refractivity contribution in [2.75, 3.05) is 39.3 Å². The van der Waals surface area contributed by atoms with Crippen molar-refractivity contribution in [3.63, 3.8) is 0 Å². The molecule has 0 radical (unpaired) electrons. The molecule has 1 aromatic rings. The molecule has 2 aliphatic rings. The van der Waals surface area contributed by atoms with Gasteiger partial charge in [-0.25, -0.2) is 0 Å². The van der Waals surface area contributed by atoms with Crippen molar-refractivity contribution in [3.05, 3.63) is 35.4 Å². The first kappa shape index (κ1) is 16.8. The second kappa shape index (κ2) is 7.69. The van der Waals surface area contributed by atoms with Crippen LogP contribution in [0.4, 0.5) is 0 Å². The van der Waals surface area contributed by atoms with Gasteiger partial charge in [-0.3, -0.25) is 9.69 Å². The van der Waals surface area contributed by atoms with Crippen molar-refractivity contribution >= 4 is 17.7 Å². The van der Waals surface area contributed by atoms with E-state index >= 15 is 0 Å². The quantitative estimate of drug-likeness (QED) is 0.896. The summed E-state index contributed by atoms with van der Waals surface area (Å²) in [6.07, 6.45) is 0.913. The molecule has 0 aromatic heterocycles. The first-order valence-corrected chi connectivity index (χ1v) is 9.59. The summed E-state index contributed by atoms with van der Waals surface area (Å²) in [5, 5.41) is 3.67. The molecular weight excluding hydrogens is 306 g/mol. The molecule has 1 N–H and O–H groups in total. The molecule has 0 aliphatic carbocycles. The van der Waals surface area contributed by atoms with E-state index in [-0.39, 0.29) is 10.6 Å². The van der Waals surface area contributed by atoms with E-state index in [4.69, 9.17) is 0 Å². The van der Waals surface area contributed by atoms with Gasteiger partial charge in [0, 0.05) is 39.3 Å². The number of amides is 1. The average molecular weight is 334 g/mol. The van der Waals surface area contributed by atoms with Crippen LogP contribution in [0.25, 0.3) is 0 Å². The Hall–Kier alpha value is -1.04. The molecule has 2 atom stereocenters. The predicted molar refractivity (Wildman–Crippen MR) is 96.6 cm³/mol. The van der Waals surface area contributed by atoms with Crippen LogP contribution in [0.15, 0.2) is 24.3 Å². The zero-order chi connectivity index (χ0) is 16.2. The molecule has 126 valence electrons. The highest BCUT2D eigenvalue weighted by Gasteiger charge is 2.40. The van der Waals surface area contributed by atoms with Crippen LogP contribution >= 0.6 is 11.8 Å². The molecule has 0 spiro atoms. The summed E-state index contributed by atoms with van der Waals surface area (Å²) in [6, 6.07) is 8.48. The highest BCUT2D eigenvalue weighted by Crippen LogP contribution is 2.44. The number of nitrogens with zero attached hydrogens (tertiary/aromatic N) is 2. The van der Waals surface area contributed by atoms with Crippen LogP contribution in [0.2, 0.25) is 0 Å². The summed E-state index contributed by atoms with van der Waals surface area (Å²) in [7, 11) is 0. The fraction of sp³-hybridized carbons (Fsp3) is 0.611. The predicted octanol–water partition coefficient (Wildman–Crippen LogP) is 2.25. The summed E-state index contributed by atoms with van der Waals surface area (Å²) in [5.41, 5.74) is 2.57. The zero-order valence-corrected chi connectivity index (χ0v) is 14.9. The van der Waals surface area contributed by atoms with Crippen LogP contribution < -0.4 is 5.32 Å². The number of carbonyl (C=O) groups is 1. The molecule has 2 heterocycles. The summed E-state index contributed by atoms with van der Waals surface area (Å²) in [6.45, 7) is 10.4. The van der Waals surface area contributed by atoms with Gasteiger partial charge in [0.05, 0.1) is 5.25 Å². The van der Waals surface area contributed by atoms with Gasteiger partial charge in [-0.1, -0.05) is 31.2 Å². The largest absolute Gasteiger partial charge is 0.324 e. The summed E-state index contributed by atoms with van der Waals surface area (Å²) >= 11 is 1.83. The molecule has 0 saturated carbocycles. The van der Waals surface area contributed by atoms with Crippen LogP contribution in [-0.2, 0) is 4.79 Å². The number of hydrogen-bond acceptors (Lipinski definition) is 4. The van der Waals surface area contributed by atoms with Crippen LogP contribution in [0.1, 0.15) is 29.8 Å². The lowest BCUT2D eigenvalue weighted by atomic mass is 10.1. The third-order valence-corrected chi connectivity index (χ3v) is 6.46. The lowest BCUT2D eigenvalue weighted by molar-refractivity contribution is -0.130. The minimum absolute atomic E-state index is 0.114. The van der Waals surface area contributed by atoms with Gasteiger partial charge in [0.15, 0.2) is 0 Å². The molecule has 5 heteroatoms. The molecule has 2 fully saturated rings. The zero-order valence-electron chi connectivity index (χ0n) is 14.1. The third kappa shape index (κ3) is 3.73. The molecule has 2 aliphatic heterocycles. The van der Waals surface area contributed by atoms with E-state index in [1.54, 1.807) is 0 Å². The van der Waals surface area contributed by atoms with Crippen LogP contribution in [0.5, 0.6) is 0 Å². The van der Waals surface area contributed by atoms with Crippen molar-refractivity contribution in [1.82, 2.24) is 15.1 Å². The maximum atomic E-state index is 12.8. The van der Waals surface area contributed by atoms with E-state index in [2.05, 4.69) is 53.2 Å². The molecule has 1 amide bonds. The van der Waals surface area contributed by atoms with E-state index in [0.29, 0.717) is 5.91 Å². The van der Waals surface area contributed by atoms with Crippen molar-refractivity contribution in [2.45, 2.75) is 30.9 Å². The van der Waals surface area contributed by atoms with Crippen LogP contribution in [0.3, 0.4) is 0 Å². The Morgan fingerprint density at radius 1 is 1.22 bits per heavy atom. The van der Waals surface area contributed by atoms with E-state index in [0.717, 1.165) is 45.7 Å². The fourth-order valence-corrected chi connectivity index (χ4v) is 4.90. The number of thioether (sulfide) groups is 1. The standard InChI is InChI=1S/C18H27N3OS/c1-3-16-17(22)21(13-12-20-10-8-19-9-11-20)18(23-16)15-7-5-4-6-14(15)2/h4-7,16,18-19H,3,8-13H2,1-2H3/t16-,18+/m1/s1. The monoisotopic (exact) mass is 333 g/mol. The second-order valence-corrected chi connectivity index (χ2v) is 7.65. The highest BCUT2D eigenvalue weighted by atomic mass is 32.2. The smallest absolute Gasteiger partial charge is 0.236 e. The Morgan fingerprint density at radius 2 is 1.96 bits per heavy atom. The molecule has 0 unspecified atom stereocenters. The summed E-state index contributed by atoms with van der Waals surface area (Å²) < 4.78 is 0. The maximum absolute atomic E-state index is 12.8. The third-order valence-electron chi connectivity index (χ3n) is 4.83. The van der Waals surface area contributed by atoms with E-state index in [1.807, 2.05) is 11.8 Å². The van der Waals surface area contributed by atoms with Gasteiger partial charge in [0.2, 0.25) is 5.91 Å². The van der Waals surface area contributed by atoms with E-state index < -0.39 is 0 Å². The minimum atomic E-state index is 0.114. The minimum Gasteiger partial charge on any atom is -0.324 e. The van der Waals surface area contributed by atoms with Gasteiger partial charge >= 0.3 is 0 Å². The van der Waals surface area contributed by atoms with Crippen molar-refractivity contribution < 1.29 is 4.79 Å². The number of benzene rings is 1. The SMILES string of the molecule is CC[C@H]1S[C@@H](c2ccccc2C)N(CCN2CCNCC2)C1=O. The molecular formula is C18H27N3OS. The van der Waals surface area contributed by atoms with Crippen molar-refractivity contribution in [2.24, 2.45) is 0 Å². The maximum Gasteiger partial charge on any atom is 0.236 e. The first-order chi connectivity index (χ1) is 11.2. The first-order valence-electron chi connectivity index (χ1n) is 8.65. The number of rotatable bonds is 5. The molecule has 0 bridgehead atoms. The van der Waals surface area contributed by atoms with Crippen LogP contribution in [0, 0.1) is 6.92 Å². The molecule has 3 rings (SSSR count). The Kier molecular flexibility index (Phi) is 5.62. The topological polar surface area (TPSA) is 35.6 Å². The number of piperazine rings is 1. The Labute approximate surface area is 143 Å². The number of hydrogen-bond donors (Lipinski definition) is 1. The summed E-state index contributed by atoms with van der Waals surface area (Å²) in [4.78, 5) is 17.4. The normalized spacial score (nSPS) is 26.0. The van der Waals surface area contributed by atoms with Gasteiger partial charge in [0.25, 0.3) is 0 Å². The lowest BCUT2D eigenvalue weighted by Gasteiger charge is -2.31. The molecule has 1 aromatic carbocycles. The Balaban J connectivity index is 1.73. The second-order valence-electron chi connectivity index (χ2n) is 6.37. The van der Waals surface area contributed by atoms with Crippen molar-refractivity contribution in [3.8, 4) is 0 Å². The highest BCUT2D eigenvalue weighted by molar-refractivity contribution is 8.01. The van der Waals surface area contributed by atoms with Gasteiger partial charge in [-0.05, 0) is 24.5 Å². The van der Waals surface area contributed by atoms with Gasteiger partial charge in [-0.2, -0.15) is 0 Å². The molecule has 4 nitrogen and oxygen atoms in total. The van der Waals surface area contributed by atoms with Gasteiger partial charge < -0.3 is 10.2 Å². The Morgan fingerprint density at radius 3 is 2.65 bits per heavy atom. The number of aryl methyl sites for hydroxylation is 1. The fourth-order valence-electron chi connectivity index (χ4n) is 3.38. The molecule has 2 saturated heterocycles. The van der Waals surface area contributed by atoms with E-state index in [9.17, 15) is 4.79 Å². The average Bonchev–Trinajstić information content (AvgIpc) is 2.90. The Bertz CT molecular complexity index is 545. The van der Waals surface area contributed by atoms with Gasteiger partial charge in [-0.15, -0.1) is 11.8 Å². The number of nitrogens with one attached hydrogen (secondary N) is 1. The molecule has 23 heavy (non-hydrogen) atoms. The lowest BCUT2D eigenvalue weighted by Crippen LogP contribution is -2.47.